The summed E-state index contributed by atoms with van der Waals surface area (Å²) in [5, 5.41) is 3.27. The Morgan fingerprint density at radius 1 is 1.36 bits per heavy atom. The summed E-state index contributed by atoms with van der Waals surface area (Å²) in [6.45, 7) is 3.47. The van der Waals surface area contributed by atoms with Gasteiger partial charge in [-0.2, -0.15) is 0 Å². The minimum absolute atomic E-state index is 0.196. The fourth-order valence-corrected chi connectivity index (χ4v) is 1.20. The van der Waals surface area contributed by atoms with Gasteiger partial charge in [-0.05, 0) is 24.6 Å². The second-order valence-electron chi connectivity index (χ2n) is 3.36. The van der Waals surface area contributed by atoms with Crippen molar-refractivity contribution < 1.29 is 9.13 Å². The van der Waals surface area contributed by atoms with E-state index in [-0.39, 0.29) is 5.82 Å². The van der Waals surface area contributed by atoms with Gasteiger partial charge in [-0.15, -0.1) is 0 Å². The van der Waals surface area contributed by atoms with Crippen molar-refractivity contribution in [3.63, 3.8) is 0 Å². The molecule has 78 valence electrons. The standard InChI is InChI=1S/C11H16FNO/c1-9(8-14-2)13-7-10-3-5-11(12)6-4-10/h3-6,9,13H,7-8H2,1-2H3. The zero-order valence-electron chi connectivity index (χ0n) is 8.59. The van der Waals surface area contributed by atoms with Crippen LogP contribution in [-0.2, 0) is 11.3 Å². The molecule has 1 atom stereocenters. The molecule has 0 heterocycles. The van der Waals surface area contributed by atoms with Crippen LogP contribution < -0.4 is 5.32 Å². The molecule has 3 heteroatoms. The summed E-state index contributed by atoms with van der Waals surface area (Å²) >= 11 is 0. The van der Waals surface area contributed by atoms with Crippen LogP contribution in [0.5, 0.6) is 0 Å². The van der Waals surface area contributed by atoms with Crippen molar-refractivity contribution in [1.29, 1.82) is 0 Å². The molecule has 1 aromatic rings. The lowest BCUT2D eigenvalue weighted by atomic mass is 10.2. The summed E-state index contributed by atoms with van der Waals surface area (Å²) < 4.78 is 17.6. The van der Waals surface area contributed by atoms with E-state index in [9.17, 15) is 4.39 Å². The molecule has 1 N–H and O–H groups in total. The molecule has 0 saturated carbocycles. The largest absolute Gasteiger partial charge is 0.383 e. The van der Waals surface area contributed by atoms with Crippen molar-refractivity contribution in [2.24, 2.45) is 0 Å². The van der Waals surface area contributed by atoms with E-state index in [1.54, 1.807) is 19.2 Å². The second-order valence-corrected chi connectivity index (χ2v) is 3.36. The fraction of sp³-hybridized carbons (Fsp3) is 0.455. The Kier molecular flexibility index (Phi) is 4.56. The highest BCUT2D eigenvalue weighted by Crippen LogP contribution is 2.02. The van der Waals surface area contributed by atoms with Crippen LogP contribution in [-0.4, -0.2) is 19.8 Å². The molecule has 0 radical (unpaired) electrons. The molecule has 0 saturated heterocycles. The monoisotopic (exact) mass is 197 g/mol. The summed E-state index contributed by atoms with van der Waals surface area (Å²) in [6.07, 6.45) is 0. The van der Waals surface area contributed by atoms with E-state index in [1.165, 1.54) is 12.1 Å². The zero-order valence-corrected chi connectivity index (χ0v) is 8.59. The van der Waals surface area contributed by atoms with Crippen molar-refractivity contribution in [2.45, 2.75) is 19.5 Å². The van der Waals surface area contributed by atoms with Crippen molar-refractivity contribution in [3.05, 3.63) is 35.6 Å². The SMILES string of the molecule is COCC(C)NCc1ccc(F)cc1. The van der Waals surface area contributed by atoms with Gasteiger partial charge in [0, 0.05) is 19.7 Å². The van der Waals surface area contributed by atoms with E-state index < -0.39 is 0 Å². The molecule has 1 rings (SSSR count). The first-order valence-corrected chi connectivity index (χ1v) is 4.69. The molecule has 1 aromatic carbocycles. The Labute approximate surface area is 84.1 Å². The maximum Gasteiger partial charge on any atom is 0.123 e. The molecule has 0 aromatic heterocycles. The summed E-state index contributed by atoms with van der Waals surface area (Å²) in [7, 11) is 1.68. The molecule has 0 aliphatic heterocycles. The Balaban J connectivity index is 2.34. The maximum atomic E-state index is 12.6. The van der Waals surface area contributed by atoms with E-state index >= 15 is 0 Å². The molecule has 2 nitrogen and oxygen atoms in total. The first kappa shape index (κ1) is 11.1. The van der Waals surface area contributed by atoms with Crippen molar-refractivity contribution >= 4 is 0 Å². The average molecular weight is 197 g/mol. The topological polar surface area (TPSA) is 21.3 Å². The van der Waals surface area contributed by atoms with Crippen LogP contribution in [0.3, 0.4) is 0 Å². The highest BCUT2D eigenvalue weighted by Gasteiger charge is 2.00. The van der Waals surface area contributed by atoms with Crippen LogP contribution in [0.2, 0.25) is 0 Å². The Morgan fingerprint density at radius 2 is 2.00 bits per heavy atom. The first-order chi connectivity index (χ1) is 6.72. The molecule has 0 bridgehead atoms. The van der Waals surface area contributed by atoms with Gasteiger partial charge < -0.3 is 10.1 Å². The highest BCUT2D eigenvalue weighted by atomic mass is 19.1. The van der Waals surface area contributed by atoms with Crippen LogP contribution in [0.1, 0.15) is 12.5 Å². The average Bonchev–Trinajstić information content (AvgIpc) is 2.17. The van der Waals surface area contributed by atoms with E-state index in [0.717, 1.165) is 12.1 Å². The predicted molar refractivity (Wildman–Crippen MR) is 54.6 cm³/mol. The van der Waals surface area contributed by atoms with Crippen LogP contribution in [0.15, 0.2) is 24.3 Å². The van der Waals surface area contributed by atoms with Gasteiger partial charge in [0.2, 0.25) is 0 Å². The Bertz CT molecular complexity index is 260. The minimum Gasteiger partial charge on any atom is -0.383 e. The molecule has 0 aliphatic carbocycles. The number of rotatable bonds is 5. The van der Waals surface area contributed by atoms with Crippen molar-refractivity contribution in [1.82, 2.24) is 5.32 Å². The summed E-state index contributed by atoms with van der Waals surface area (Å²) in [5.41, 5.74) is 1.08. The van der Waals surface area contributed by atoms with Crippen LogP contribution in [0, 0.1) is 5.82 Å². The predicted octanol–water partition coefficient (Wildman–Crippen LogP) is 1.95. The van der Waals surface area contributed by atoms with E-state index in [4.69, 9.17) is 4.74 Å². The molecular formula is C11H16FNO. The smallest absolute Gasteiger partial charge is 0.123 e. The molecule has 14 heavy (non-hydrogen) atoms. The second kappa shape index (κ2) is 5.73. The molecule has 0 aliphatic rings. The molecule has 1 unspecified atom stereocenters. The van der Waals surface area contributed by atoms with Gasteiger partial charge >= 0.3 is 0 Å². The van der Waals surface area contributed by atoms with Crippen molar-refractivity contribution in [3.8, 4) is 0 Å². The quantitative estimate of drug-likeness (QED) is 0.779. The van der Waals surface area contributed by atoms with Gasteiger partial charge in [-0.25, -0.2) is 4.39 Å². The number of benzene rings is 1. The van der Waals surface area contributed by atoms with E-state index in [2.05, 4.69) is 5.32 Å². The van der Waals surface area contributed by atoms with Gasteiger partial charge in [-0.3, -0.25) is 0 Å². The number of hydrogen-bond acceptors (Lipinski definition) is 2. The highest BCUT2D eigenvalue weighted by molar-refractivity contribution is 5.15. The molecular weight excluding hydrogens is 181 g/mol. The third-order valence-corrected chi connectivity index (χ3v) is 1.98. The van der Waals surface area contributed by atoms with Gasteiger partial charge in [0.25, 0.3) is 0 Å². The van der Waals surface area contributed by atoms with E-state index in [0.29, 0.717) is 12.6 Å². The number of hydrogen-bond donors (Lipinski definition) is 1. The number of halogens is 1. The van der Waals surface area contributed by atoms with Crippen LogP contribution in [0.4, 0.5) is 4.39 Å². The van der Waals surface area contributed by atoms with Gasteiger partial charge in [0.15, 0.2) is 0 Å². The van der Waals surface area contributed by atoms with Crippen molar-refractivity contribution in [2.75, 3.05) is 13.7 Å². The third kappa shape index (κ3) is 3.85. The van der Waals surface area contributed by atoms with Gasteiger partial charge in [-0.1, -0.05) is 12.1 Å². The van der Waals surface area contributed by atoms with Crippen LogP contribution >= 0.6 is 0 Å². The first-order valence-electron chi connectivity index (χ1n) is 4.69. The number of ether oxygens (including phenoxy) is 1. The lowest BCUT2D eigenvalue weighted by Gasteiger charge is -2.12. The fourth-order valence-electron chi connectivity index (χ4n) is 1.20. The maximum absolute atomic E-state index is 12.6. The zero-order chi connectivity index (χ0) is 10.4. The van der Waals surface area contributed by atoms with Gasteiger partial charge in [0.05, 0.1) is 6.61 Å². The molecule has 0 amide bonds. The lowest BCUT2D eigenvalue weighted by Crippen LogP contribution is -2.29. The molecule has 0 spiro atoms. The minimum atomic E-state index is -0.196. The summed E-state index contributed by atoms with van der Waals surface area (Å²) in [5.74, 6) is -0.196. The lowest BCUT2D eigenvalue weighted by molar-refractivity contribution is 0.171. The summed E-state index contributed by atoms with van der Waals surface area (Å²) in [6, 6.07) is 6.81. The summed E-state index contributed by atoms with van der Waals surface area (Å²) in [4.78, 5) is 0. The third-order valence-electron chi connectivity index (χ3n) is 1.98. The Hall–Kier alpha value is -0.930. The number of methoxy groups -OCH3 is 1. The van der Waals surface area contributed by atoms with Gasteiger partial charge in [0.1, 0.15) is 5.82 Å². The molecule has 0 fully saturated rings. The van der Waals surface area contributed by atoms with E-state index in [1.807, 2.05) is 6.92 Å². The Morgan fingerprint density at radius 3 is 2.57 bits per heavy atom. The van der Waals surface area contributed by atoms with Crippen LogP contribution in [0.25, 0.3) is 0 Å². The normalized spacial score (nSPS) is 12.8. The number of nitrogens with one attached hydrogen (secondary N) is 1.